The average molecular weight is 293 g/mol. The minimum atomic E-state index is -1.73. The lowest BCUT2D eigenvalue weighted by Gasteiger charge is -2.12. The molecule has 0 radical (unpaired) electrons. The van der Waals surface area contributed by atoms with Gasteiger partial charge in [-0.25, -0.2) is 0 Å². The molecule has 0 bridgehead atoms. The largest absolute Gasteiger partial charge is 0.508 e. The maximum absolute atomic E-state index is 10.1. The van der Waals surface area contributed by atoms with Crippen LogP contribution in [0.25, 0.3) is 0 Å². The van der Waals surface area contributed by atoms with Gasteiger partial charge in [-0.15, -0.1) is 0 Å². The number of hydrogen-bond donors (Lipinski definition) is 3. The number of aromatic hydroxyl groups is 1. The monoisotopic (exact) mass is 292 g/mol. The number of halogens is 1. The van der Waals surface area contributed by atoms with E-state index in [1.165, 1.54) is 12.1 Å². The molecule has 2 aromatic carbocycles. The van der Waals surface area contributed by atoms with Crippen LogP contribution in [0.4, 0.5) is 0 Å². The van der Waals surface area contributed by atoms with Crippen molar-refractivity contribution in [2.45, 2.75) is 6.42 Å². The molecule has 0 aromatic heterocycles. The fourth-order valence-corrected chi connectivity index (χ4v) is 2.17. The first-order valence-electron chi connectivity index (χ1n) is 6.02. The summed E-state index contributed by atoms with van der Waals surface area (Å²) < 4.78 is 5.08. The third-order valence-corrected chi connectivity index (χ3v) is 3.43. The van der Waals surface area contributed by atoms with Crippen LogP contribution in [0.3, 0.4) is 0 Å². The first-order chi connectivity index (χ1) is 9.52. The fraction of sp³-hybridized carbons (Fsp3) is 0.143. The maximum Gasteiger partial charge on any atom is 0.492 e. The molecule has 3 N–H and O–H groups in total. The van der Waals surface area contributed by atoms with Crippen LogP contribution in [0, 0.1) is 0 Å². The van der Waals surface area contributed by atoms with Gasteiger partial charge in [0.05, 0.1) is 7.11 Å². The van der Waals surface area contributed by atoms with Crippen molar-refractivity contribution < 1.29 is 19.9 Å². The minimum absolute atomic E-state index is 0.0397. The standard InChI is InChI=1S/C14H14BClO4/c1-20-10-4-2-9(3-5-10)8-11-13(16)7-6-12(14(11)17)15(18)19/h2-7,17-19H,8H2,1H3. The van der Waals surface area contributed by atoms with Gasteiger partial charge >= 0.3 is 7.12 Å². The molecule has 0 atom stereocenters. The summed E-state index contributed by atoms with van der Waals surface area (Å²) in [5, 5.41) is 28.8. The number of phenolic OH excluding ortho intramolecular Hbond substituents is 1. The lowest BCUT2D eigenvalue weighted by atomic mass is 9.78. The Bertz CT molecular complexity index is 599. The van der Waals surface area contributed by atoms with Gasteiger partial charge in [-0.3, -0.25) is 0 Å². The van der Waals surface area contributed by atoms with Gasteiger partial charge < -0.3 is 19.9 Å². The Hall–Kier alpha value is -1.69. The highest BCUT2D eigenvalue weighted by Gasteiger charge is 2.20. The molecule has 0 saturated heterocycles. The van der Waals surface area contributed by atoms with E-state index in [2.05, 4.69) is 0 Å². The van der Waals surface area contributed by atoms with E-state index in [4.69, 9.17) is 16.3 Å². The molecule has 0 aliphatic carbocycles. The average Bonchev–Trinajstić information content (AvgIpc) is 2.43. The second kappa shape index (κ2) is 6.18. The Morgan fingerprint density at radius 2 is 1.75 bits per heavy atom. The molecule has 20 heavy (non-hydrogen) atoms. The number of hydrogen-bond acceptors (Lipinski definition) is 4. The summed E-state index contributed by atoms with van der Waals surface area (Å²) in [6, 6.07) is 10.3. The van der Waals surface area contributed by atoms with Crippen molar-refractivity contribution in [2.75, 3.05) is 7.11 Å². The fourth-order valence-electron chi connectivity index (χ4n) is 1.95. The molecule has 0 aliphatic rings. The molecule has 0 unspecified atom stereocenters. The summed E-state index contributed by atoms with van der Waals surface area (Å²) in [5.74, 6) is 0.548. The number of benzene rings is 2. The zero-order chi connectivity index (χ0) is 14.7. The van der Waals surface area contributed by atoms with Crippen LogP contribution in [0.5, 0.6) is 11.5 Å². The Morgan fingerprint density at radius 1 is 1.10 bits per heavy atom. The summed E-state index contributed by atoms with van der Waals surface area (Å²) in [6.45, 7) is 0. The van der Waals surface area contributed by atoms with E-state index >= 15 is 0 Å². The molecule has 0 heterocycles. The molecule has 0 saturated carbocycles. The second-order valence-electron chi connectivity index (χ2n) is 4.36. The molecule has 0 amide bonds. The van der Waals surface area contributed by atoms with Crippen LogP contribution >= 0.6 is 11.6 Å². The highest BCUT2D eigenvalue weighted by Crippen LogP contribution is 2.27. The Kier molecular flexibility index (Phi) is 4.55. The van der Waals surface area contributed by atoms with E-state index in [1.807, 2.05) is 24.3 Å². The van der Waals surface area contributed by atoms with Gasteiger partial charge in [-0.1, -0.05) is 29.8 Å². The minimum Gasteiger partial charge on any atom is -0.508 e. The third-order valence-electron chi connectivity index (χ3n) is 3.07. The van der Waals surface area contributed by atoms with Crippen molar-refractivity contribution in [2.24, 2.45) is 0 Å². The summed E-state index contributed by atoms with van der Waals surface area (Å²) in [5.41, 5.74) is 1.42. The first-order valence-corrected chi connectivity index (χ1v) is 6.40. The molecular weight excluding hydrogens is 278 g/mol. The maximum atomic E-state index is 10.1. The van der Waals surface area contributed by atoms with Crippen LogP contribution in [-0.4, -0.2) is 29.4 Å². The SMILES string of the molecule is COc1ccc(Cc2c(Cl)ccc(B(O)O)c2O)cc1. The van der Waals surface area contributed by atoms with E-state index in [0.717, 1.165) is 11.3 Å². The van der Waals surface area contributed by atoms with E-state index in [0.29, 0.717) is 17.0 Å². The van der Waals surface area contributed by atoms with Gasteiger partial charge in [0, 0.05) is 22.5 Å². The molecule has 0 fully saturated rings. The van der Waals surface area contributed by atoms with E-state index < -0.39 is 7.12 Å². The van der Waals surface area contributed by atoms with Crippen molar-refractivity contribution in [3.63, 3.8) is 0 Å². The van der Waals surface area contributed by atoms with Crippen molar-refractivity contribution in [3.05, 3.63) is 52.5 Å². The van der Waals surface area contributed by atoms with Crippen molar-refractivity contribution >= 4 is 24.2 Å². The zero-order valence-corrected chi connectivity index (χ0v) is 11.6. The van der Waals surface area contributed by atoms with Gasteiger partial charge in [0.2, 0.25) is 0 Å². The van der Waals surface area contributed by atoms with Crippen LogP contribution in [0.15, 0.2) is 36.4 Å². The highest BCUT2D eigenvalue weighted by molar-refractivity contribution is 6.60. The van der Waals surface area contributed by atoms with Crippen molar-refractivity contribution in [1.29, 1.82) is 0 Å². The van der Waals surface area contributed by atoms with Crippen LogP contribution < -0.4 is 10.2 Å². The number of phenols is 1. The highest BCUT2D eigenvalue weighted by atomic mass is 35.5. The number of ether oxygens (including phenoxy) is 1. The lowest BCUT2D eigenvalue weighted by Crippen LogP contribution is -2.30. The number of methoxy groups -OCH3 is 1. The predicted octanol–water partition coefficient (Wildman–Crippen LogP) is 1.32. The summed E-state index contributed by atoms with van der Waals surface area (Å²) in [7, 11) is -0.147. The quantitative estimate of drug-likeness (QED) is 0.744. The molecule has 2 rings (SSSR count). The van der Waals surface area contributed by atoms with E-state index in [1.54, 1.807) is 7.11 Å². The lowest BCUT2D eigenvalue weighted by molar-refractivity contribution is 0.414. The van der Waals surface area contributed by atoms with E-state index in [9.17, 15) is 15.2 Å². The molecule has 104 valence electrons. The van der Waals surface area contributed by atoms with Gasteiger partial charge in [-0.2, -0.15) is 0 Å². The topological polar surface area (TPSA) is 69.9 Å². The first kappa shape index (κ1) is 14.7. The smallest absolute Gasteiger partial charge is 0.492 e. The zero-order valence-electron chi connectivity index (χ0n) is 10.9. The number of rotatable bonds is 4. The van der Waals surface area contributed by atoms with E-state index in [-0.39, 0.29) is 11.2 Å². The molecule has 4 nitrogen and oxygen atoms in total. The van der Waals surface area contributed by atoms with Gasteiger partial charge in [0.1, 0.15) is 11.5 Å². The van der Waals surface area contributed by atoms with Crippen LogP contribution in [0.2, 0.25) is 5.02 Å². The summed E-state index contributed by atoms with van der Waals surface area (Å²) in [4.78, 5) is 0. The normalized spacial score (nSPS) is 10.4. The Morgan fingerprint density at radius 3 is 2.30 bits per heavy atom. The van der Waals surface area contributed by atoms with Crippen molar-refractivity contribution in [3.8, 4) is 11.5 Å². The molecular formula is C14H14BClO4. The summed E-state index contributed by atoms with van der Waals surface area (Å²) in [6.07, 6.45) is 0.384. The molecule has 0 spiro atoms. The van der Waals surface area contributed by atoms with Crippen molar-refractivity contribution in [1.82, 2.24) is 0 Å². The Balaban J connectivity index is 2.34. The molecule has 0 aliphatic heterocycles. The predicted molar refractivity (Wildman–Crippen MR) is 78.7 cm³/mol. The summed E-state index contributed by atoms with van der Waals surface area (Å²) >= 11 is 6.07. The van der Waals surface area contributed by atoms with Gasteiger partial charge in [0.15, 0.2) is 0 Å². The van der Waals surface area contributed by atoms with Crippen LogP contribution in [0.1, 0.15) is 11.1 Å². The Labute approximate surface area is 122 Å². The van der Waals surface area contributed by atoms with Gasteiger partial charge in [-0.05, 0) is 23.8 Å². The molecule has 2 aromatic rings. The van der Waals surface area contributed by atoms with Gasteiger partial charge in [0.25, 0.3) is 0 Å². The third kappa shape index (κ3) is 3.07. The second-order valence-corrected chi connectivity index (χ2v) is 4.77. The van der Waals surface area contributed by atoms with Crippen LogP contribution in [-0.2, 0) is 6.42 Å². The molecule has 6 heteroatoms.